The molecule has 0 aliphatic carbocycles. The van der Waals surface area contributed by atoms with Crippen molar-refractivity contribution in [2.75, 3.05) is 13.2 Å². The van der Waals surface area contributed by atoms with Gasteiger partial charge >= 0.3 is 0 Å². The zero-order chi connectivity index (χ0) is 36.5. The van der Waals surface area contributed by atoms with Gasteiger partial charge in [0.2, 0.25) is 0 Å². The maximum atomic E-state index is 10.4. The van der Waals surface area contributed by atoms with Crippen molar-refractivity contribution in [3.63, 3.8) is 0 Å². The zero-order valence-corrected chi connectivity index (χ0v) is 31.9. The Morgan fingerprint density at radius 3 is 0.959 bits per heavy atom. The van der Waals surface area contributed by atoms with Crippen LogP contribution in [0.25, 0.3) is 0 Å². The molecule has 49 heavy (non-hydrogen) atoms. The van der Waals surface area contributed by atoms with Gasteiger partial charge in [0.1, 0.15) is 30.8 Å². The van der Waals surface area contributed by atoms with Crippen LogP contribution in [0.1, 0.15) is 94.3 Å². The fourth-order valence-electron chi connectivity index (χ4n) is 5.18. The second-order valence-corrected chi connectivity index (χ2v) is 13.0. The highest BCUT2D eigenvalue weighted by molar-refractivity contribution is 5.42. The summed E-state index contributed by atoms with van der Waals surface area (Å²) in [5.41, 5.74) is 8.60. The van der Waals surface area contributed by atoms with Crippen molar-refractivity contribution < 1.29 is 14.6 Å². The normalized spacial score (nSPS) is 10.8. The minimum absolute atomic E-state index is 0.107. The second-order valence-electron chi connectivity index (χ2n) is 13.0. The van der Waals surface area contributed by atoms with E-state index in [4.69, 9.17) is 9.47 Å². The van der Waals surface area contributed by atoms with Gasteiger partial charge in [-0.15, -0.1) is 0 Å². The molecular formula is C46H60O3. The van der Waals surface area contributed by atoms with Gasteiger partial charge in [-0.1, -0.05) is 175 Å². The molecule has 0 heterocycles. The molecule has 0 amide bonds. The Hall–Kier alpha value is -4.34. The van der Waals surface area contributed by atoms with E-state index in [2.05, 4.69) is 133 Å². The van der Waals surface area contributed by atoms with E-state index in [0.717, 1.165) is 11.5 Å². The lowest BCUT2D eigenvalue weighted by molar-refractivity contribution is 0.0626. The van der Waals surface area contributed by atoms with E-state index in [9.17, 15) is 5.11 Å². The lowest BCUT2D eigenvalue weighted by Gasteiger charge is -2.26. The number of rotatable bonds is 10. The third-order valence-electron chi connectivity index (χ3n) is 8.52. The van der Waals surface area contributed by atoms with E-state index < -0.39 is 6.10 Å². The molecule has 3 nitrogen and oxygen atoms in total. The van der Waals surface area contributed by atoms with Crippen molar-refractivity contribution in [3.8, 4) is 11.5 Å². The van der Waals surface area contributed by atoms with Gasteiger partial charge in [-0.3, -0.25) is 0 Å². The molecule has 262 valence electrons. The smallest absolute Gasteiger partial charge is 0.122 e. The molecule has 0 spiro atoms. The summed E-state index contributed by atoms with van der Waals surface area (Å²) in [6.07, 6.45) is -0.734. The van der Waals surface area contributed by atoms with Gasteiger partial charge in [0.25, 0.3) is 0 Å². The predicted molar refractivity (Wildman–Crippen MR) is 210 cm³/mol. The molecule has 0 unspecified atom stereocenters. The van der Waals surface area contributed by atoms with Crippen LogP contribution in [-0.4, -0.2) is 24.4 Å². The van der Waals surface area contributed by atoms with Gasteiger partial charge in [0.15, 0.2) is 0 Å². The van der Waals surface area contributed by atoms with Gasteiger partial charge in [-0.05, 0) is 67.3 Å². The highest BCUT2D eigenvalue weighted by Crippen LogP contribution is 2.34. The molecule has 0 aliphatic heterocycles. The summed E-state index contributed by atoms with van der Waals surface area (Å²) >= 11 is 0. The van der Waals surface area contributed by atoms with E-state index >= 15 is 0 Å². The summed E-state index contributed by atoms with van der Waals surface area (Å²) in [6, 6.07) is 43.9. The van der Waals surface area contributed by atoms with Gasteiger partial charge in [0.05, 0.1) is 0 Å². The first-order chi connectivity index (χ1) is 23.4. The molecule has 3 heteroatoms. The summed E-state index contributed by atoms with van der Waals surface area (Å²) in [6.45, 7) is 23.5. The molecule has 5 rings (SSSR count). The minimum atomic E-state index is -0.734. The molecule has 1 N–H and O–H groups in total. The number of aliphatic hydroxyl groups excluding tert-OH is 1. The highest BCUT2D eigenvalue weighted by Gasteiger charge is 2.24. The first kappa shape index (κ1) is 40.8. The standard InChI is InChI=1S/C35H40O3.C7H8.2C2H6/c1-25-7-11-27(12-8-25)34(3,4)29-15-19-32(20-16-29)37-23-31(36)24-38-33-21-17-30(18-22-33)35(5,6)28-13-9-26(2)10-14-28;1-7-5-3-2-4-6-7;2*1-2/h7-22,31,36H,23-24H2,1-6H3;2-6H,1H3;2*1-2H3. The first-order valence-corrected chi connectivity index (χ1v) is 17.8. The molecule has 0 aromatic heterocycles. The van der Waals surface area contributed by atoms with Crippen LogP contribution in [0.15, 0.2) is 127 Å². The number of ether oxygens (including phenoxy) is 2. The van der Waals surface area contributed by atoms with Crippen LogP contribution in [0.4, 0.5) is 0 Å². The monoisotopic (exact) mass is 660 g/mol. The van der Waals surface area contributed by atoms with Crippen LogP contribution in [0.5, 0.6) is 11.5 Å². The Morgan fingerprint density at radius 2 is 0.694 bits per heavy atom. The summed E-state index contributed by atoms with van der Waals surface area (Å²) in [7, 11) is 0. The van der Waals surface area contributed by atoms with E-state index in [1.54, 1.807) is 0 Å². The van der Waals surface area contributed by atoms with E-state index in [-0.39, 0.29) is 24.0 Å². The highest BCUT2D eigenvalue weighted by atomic mass is 16.5. The molecule has 0 radical (unpaired) electrons. The number of aliphatic hydroxyl groups is 1. The van der Waals surface area contributed by atoms with Crippen LogP contribution in [-0.2, 0) is 10.8 Å². The fourth-order valence-corrected chi connectivity index (χ4v) is 5.18. The van der Waals surface area contributed by atoms with E-state index in [1.165, 1.54) is 38.9 Å². The molecule has 0 bridgehead atoms. The summed E-state index contributed by atoms with van der Waals surface area (Å²) in [5, 5.41) is 10.4. The largest absolute Gasteiger partial charge is 0.491 e. The van der Waals surface area contributed by atoms with Crippen LogP contribution < -0.4 is 9.47 Å². The Balaban J connectivity index is 0.000000656. The summed E-state index contributed by atoms with van der Waals surface area (Å²) in [4.78, 5) is 0. The maximum Gasteiger partial charge on any atom is 0.122 e. The zero-order valence-electron chi connectivity index (χ0n) is 31.9. The molecule has 5 aromatic carbocycles. The first-order valence-electron chi connectivity index (χ1n) is 17.8. The minimum Gasteiger partial charge on any atom is -0.491 e. The van der Waals surface area contributed by atoms with Crippen molar-refractivity contribution in [3.05, 3.63) is 166 Å². The number of aryl methyl sites for hydroxylation is 3. The lowest BCUT2D eigenvalue weighted by atomic mass is 9.78. The van der Waals surface area contributed by atoms with Gasteiger partial charge < -0.3 is 14.6 Å². The van der Waals surface area contributed by atoms with E-state index in [0.29, 0.717) is 0 Å². The Labute approximate surface area is 298 Å². The maximum absolute atomic E-state index is 10.4. The van der Waals surface area contributed by atoms with Crippen LogP contribution in [0.3, 0.4) is 0 Å². The molecule has 0 saturated heterocycles. The molecule has 0 fully saturated rings. The number of benzene rings is 5. The number of hydrogen-bond acceptors (Lipinski definition) is 3. The SMILES string of the molecule is CC.CC.Cc1ccc(C(C)(C)c2ccc(OCC(O)COc3ccc(C(C)(C)c4ccc(C)cc4)cc3)cc2)cc1.Cc1ccccc1. The average Bonchev–Trinajstić information content (AvgIpc) is 3.13. The van der Waals surface area contributed by atoms with E-state index in [1.807, 2.05) is 70.2 Å². The Bertz CT molecular complexity index is 1480. The van der Waals surface area contributed by atoms with Crippen molar-refractivity contribution in [1.29, 1.82) is 0 Å². The van der Waals surface area contributed by atoms with Gasteiger partial charge in [0, 0.05) is 10.8 Å². The third kappa shape index (κ3) is 12.6. The Kier molecular flexibility index (Phi) is 16.9. The molecule has 0 saturated carbocycles. The summed E-state index contributed by atoms with van der Waals surface area (Å²) < 4.78 is 11.7. The van der Waals surface area contributed by atoms with Crippen molar-refractivity contribution >= 4 is 0 Å². The van der Waals surface area contributed by atoms with Gasteiger partial charge in [-0.25, -0.2) is 0 Å². The van der Waals surface area contributed by atoms with Crippen molar-refractivity contribution in [2.24, 2.45) is 0 Å². The fraction of sp³-hybridized carbons (Fsp3) is 0.348. The van der Waals surface area contributed by atoms with Crippen LogP contribution >= 0.6 is 0 Å². The summed E-state index contributed by atoms with van der Waals surface area (Å²) in [5.74, 6) is 1.46. The third-order valence-corrected chi connectivity index (χ3v) is 8.52. The topological polar surface area (TPSA) is 38.7 Å². The second kappa shape index (κ2) is 20.2. The van der Waals surface area contributed by atoms with Crippen molar-refractivity contribution in [2.45, 2.75) is 93.1 Å². The van der Waals surface area contributed by atoms with Gasteiger partial charge in [-0.2, -0.15) is 0 Å². The van der Waals surface area contributed by atoms with Crippen molar-refractivity contribution in [1.82, 2.24) is 0 Å². The molecular weight excluding hydrogens is 601 g/mol. The average molecular weight is 661 g/mol. The lowest BCUT2D eigenvalue weighted by Crippen LogP contribution is -2.25. The Morgan fingerprint density at radius 1 is 0.429 bits per heavy atom. The molecule has 5 aromatic rings. The van der Waals surface area contributed by atoms with Crippen LogP contribution in [0, 0.1) is 20.8 Å². The number of hydrogen-bond donors (Lipinski definition) is 1. The predicted octanol–water partition coefficient (Wildman–Crippen LogP) is 11.8. The van der Waals surface area contributed by atoms with Crippen LogP contribution in [0.2, 0.25) is 0 Å². The molecule has 0 atom stereocenters. The quantitative estimate of drug-likeness (QED) is 0.162. The molecule has 0 aliphatic rings.